The molecule has 0 spiro atoms. The van der Waals surface area contributed by atoms with E-state index >= 15 is 0 Å². The zero-order valence-corrected chi connectivity index (χ0v) is 13.2. The van der Waals surface area contributed by atoms with Crippen molar-refractivity contribution in [1.29, 1.82) is 0 Å². The van der Waals surface area contributed by atoms with Gasteiger partial charge >= 0.3 is 5.63 Å². The van der Waals surface area contributed by atoms with Crippen LogP contribution in [0.25, 0.3) is 11.0 Å². The number of hydrogen-bond acceptors (Lipinski definition) is 4. The van der Waals surface area contributed by atoms with E-state index in [1.165, 1.54) is 23.2 Å². The van der Waals surface area contributed by atoms with Crippen LogP contribution in [-0.4, -0.2) is 24.3 Å². The minimum Gasteiger partial charge on any atom is -0.421 e. The molecule has 1 aromatic carbocycles. The van der Waals surface area contributed by atoms with Gasteiger partial charge in [0.25, 0.3) is 0 Å². The molecule has 0 fully saturated rings. The van der Waals surface area contributed by atoms with Crippen LogP contribution in [0.5, 0.6) is 0 Å². The van der Waals surface area contributed by atoms with Gasteiger partial charge in [-0.25, -0.2) is 4.79 Å². The van der Waals surface area contributed by atoms with E-state index in [0.717, 1.165) is 37.7 Å². The molecule has 3 heterocycles. The van der Waals surface area contributed by atoms with Gasteiger partial charge in [0.05, 0.1) is 0 Å². The van der Waals surface area contributed by atoms with Crippen LogP contribution in [0.15, 0.2) is 21.3 Å². The Labute approximate surface area is 134 Å². The van der Waals surface area contributed by atoms with Crippen LogP contribution in [0.3, 0.4) is 0 Å². The van der Waals surface area contributed by atoms with E-state index in [2.05, 4.69) is 22.8 Å². The Balaban J connectivity index is 1.96. The van der Waals surface area contributed by atoms with Crippen molar-refractivity contribution in [1.82, 2.24) is 0 Å². The van der Waals surface area contributed by atoms with Gasteiger partial charge in [0.1, 0.15) is 17.3 Å². The van der Waals surface area contributed by atoms with Crippen molar-refractivity contribution in [3.05, 3.63) is 39.2 Å². The Morgan fingerprint density at radius 3 is 2.83 bits per heavy atom. The fraction of sp³-hybridized carbons (Fsp3) is 0.421. The number of anilines is 1. The van der Waals surface area contributed by atoms with Crippen LogP contribution in [-0.2, 0) is 12.8 Å². The molecule has 2 aromatic rings. The molecule has 1 N–H and O–H groups in total. The summed E-state index contributed by atoms with van der Waals surface area (Å²) in [5.41, 5.74) is 4.42. The van der Waals surface area contributed by atoms with Gasteiger partial charge < -0.3 is 14.4 Å². The smallest absolute Gasteiger partial charge is 0.352 e. The van der Waals surface area contributed by atoms with Gasteiger partial charge in [0, 0.05) is 29.7 Å². The lowest BCUT2D eigenvalue weighted by molar-refractivity contribution is 0.253. The summed E-state index contributed by atoms with van der Waals surface area (Å²) in [7, 11) is 0. The number of rotatable bonds is 0. The Morgan fingerprint density at radius 2 is 2.04 bits per heavy atom. The number of nitrogens with zero attached hydrogens (tertiary/aromatic N) is 1. The van der Waals surface area contributed by atoms with Crippen molar-refractivity contribution in [2.24, 2.45) is 0 Å². The molecule has 0 amide bonds. The molecular weight excluding hydrogens is 290 g/mol. The van der Waals surface area contributed by atoms with Gasteiger partial charge in [-0.1, -0.05) is 11.8 Å². The maximum atomic E-state index is 12.2. The summed E-state index contributed by atoms with van der Waals surface area (Å²) in [6, 6.07) is 3.95. The Hall–Kier alpha value is -2.25. The lowest BCUT2D eigenvalue weighted by atomic mass is 9.90. The predicted molar refractivity (Wildman–Crippen MR) is 89.9 cm³/mol. The van der Waals surface area contributed by atoms with E-state index in [-0.39, 0.29) is 0 Å². The topological polar surface area (TPSA) is 53.7 Å². The molecule has 0 bridgehead atoms. The van der Waals surface area contributed by atoms with Crippen molar-refractivity contribution in [3.8, 4) is 11.8 Å². The van der Waals surface area contributed by atoms with E-state index in [1.54, 1.807) is 13.0 Å². The molecule has 0 saturated carbocycles. The highest BCUT2D eigenvalue weighted by atomic mass is 16.4. The molecule has 0 saturated heterocycles. The highest BCUT2D eigenvalue weighted by Gasteiger charge is 2.26. The molecule has 0 aliphatic carbocycles. The lowest BCUT2D eigenvalue weighted by Gasteiger charge is -2.37. The second kappa shape index (κ2) is 5.43. The summed E-state index contributed by atoms with van der Waals surface area (Å²) in [5, 5.41) is 10.2. The number of hydrogen-bond donors (Lipinski definition) is 1. The van der Waals surface area contributed by atoms with Gasteiger partial charge in [-0.3, -0.25) is 0 Å². The third kappa shape index (κ3) is 2.42. The van der Waals surface area contributed by atoms with Crippen LogP contribution in [0.1, 0.15) is 36.5 Å². The van der Waals surface area contributed by atoms with Crippen LogP contribution in [0, 0.1) is 11.8 Å². The molecule has 1 atom stereocenters. The predicted octanol–water partition coefficient (Wildman–Crippen LogP) is 2.22. The van der Waals surface area contributed by atoms with Gasteiger partial charge in [-0.15, -0.1) is 0 Å². The van der Waals surface area contributed by atoms with Crippen LogP contribution < -0.4 is 10.5 Å². The molecule has 4 heteroatoms. The van der Waals surface area contributed by atoms with Gasteiger partial charge in [-0.2, -0.15) is 0 Å². The quantitative estimate of drug-likeness (QED) is 0.599. The molecule has 23 heavy (non-hydrogen) atoms. The summed E-state index contributed by atoms with van der Waals surface area (Å²) >= 11 is 0. The maximum absolute atomic E-state index is 12.2. The zero-order valence-electron chi connectivity index (χ0n) is 13.2. The number of benzene rings is 1. The standard InChI is InChI=1S/C19H19NO3/c1-12(21)6-7-14-11-15-10-13-4-2-8-20-9-3-5-16(17(13)20)18(15)23-19(14)22/h10-12,21H,2-5,8-9H2,1H3. The van der Waals surface area contributed by atoms with Gasteiger partial charge in [0.2, 0.25) is 0 Å². The normalized spacial score (nSPS) is 17.4. The van der Waals surface area contributed by atoms with E-state index < -0.39 is 11.7 Å². The highest BCUT2D eigenvalue weighted by molar-refractivity contribution is 5.89. The summed E-state index contributed by atoms with van der Waals surface area (Å²) in [5.74, 6) is 5.34. The van der Waals surface area contributed by atoms with Gasteiger partial charge in [0.15, 0.2) is 0 Å². The maximum Gasteiger partial charge on any atom is 0.352 e. The minimum atomic E-state index is -0.761. The molecule has 118 valence electrons. The largest absolute Gasteiger partial charge is 0.421 e. The number of fused-ring (bicyclic) bond motifs is 2. The van der Waals surface area contributed by atoms with Crippen LogP contribution in [0.2, 0.25) is 0 Å². The third-order valence-electron chi connectivity index (χ3n) is 4.63. The zero-order chi connectivity index (χ0) is 16.0. The first kappa shape index (κ1) is 14.3. The Morgan fingerprint density at radius 1 is 1.26 bits per heavy atom. The van der Waals surface area contributed by atoms with Crippen molar-refractivity contribution in [2.45, 2.75) is 38.7 Å². The molecule has 0 radical (unpaired) electrons. The second-order valence-electron chi connectivity index (χ2n) is 6.37. The average Bonchev–Trinajstić information content (AvgIpc) is 2.54. The molecular formula is C19H19NO3. The fourth-order valence-corrected chi connectivity index (χ4v) is 3.72. The average molecular weight is 309 g/mol. The number of aliphatic hydroxyl groups excluding tert-OH is 1. The molecule has 4 rings (SSSR count). The lowest BCUT2D eigenvalue weighted by Crippen LogP contribution is -2.34. The van der Waals surface area contributed by atoms with Crippen LogP contribution in [0.4, 0.5) is 5.69 Å². The first-order chi connectivity index (χ1) is 11.1. The van der Waals surface area contributed by atoms with E-state index in [9.17, 15) is 9.90 Å². The third-order valence-corrected chi connectivity index (χ3v) is 4.63. The van der Waals surface area contributed by atoms with Crippen molar-refractivity contribution in [3.63, 3.8) is 0 Å². The van der Waals surface area contributed by atoms with Crippen molar-refractivity contribution < 1.29 is 9.52 Å². The second-order valence-corrected chi connectivity index (χ2v) is 6.37. The SMILES string of the molecule is CC(O)C#Cc1cc2cc3c4c(c2oc1=O)CCCN4CCC3. The van der Waals surface area contributed by atoms with Crippen molar-refractivity contribution >= 4 is 16.7 Å². The van der Waals surface area contributed by atoms with Crippen molar-refractivity contribution in [2.75, 3.05) is 18.0 Å². The van der Waals surface area contributed by atoms with E-state index in [0.29, 0.717) is 11.1 Å². The highest BCUT2D eigenvalue weighted by Crippen LogP contribution is 2.39. The summed E-state index contributed by atoms with van der Waals surface area (Å²) in [6.45, 7) is 3.76. The monoisotopic (exact) mass is 309 g/mol. The van der Waals surface area contributed by atoms with Crippen LogP contribution >= 0.6 is 0 Å². The first-order valence-corrected chi connectivity index (χ1v) is 8.20. The fourth-order valence-electron chi connectivity index (χ4n) is 3.72. The molecule has 2 aliphatic rings. The van der Waals surface area contributed by atoms with E-state index in [4.69, 9.17) is 4.42 Å². The molecule has 2 aliphatic heterocycles. The summed E-state index contributed by atoms with van der Waals surface area (Å²) in [4.78, 5) is 14.6. The number of aliphatic hydroxyl groups is 1. The van der Waals surface area contributed by atoms with E-state index in [1.807, 2.05) is 0 Å². The summed E-state index contributed by atoms with van der Waals surface area (Å²) < 4.78 is 5.63. The Kier molecular flexibility index (Phi) is 3.39. The molecule has 1 aromatic heterocycles. The molecule has 4 nitrogen and oxygen atoms in total. The molecule has 1 unspecified atom stereocenters. The van der Waals surface area contributed by atoms with Gasteiger partial charge in [-0.05, 0) is 50.3 Å². The summed E-state index contributed by atoms with van der Waals surface area (Å²) in [6.07, 6.45) is 3.53. The minimum absolute atomic E-state index is 0.314. The number of aryl methyl sites for hydroxylation is 2. The first-order valence-electron chi connectivity index (χ1n) is 8.20. The Bertz CT molecular complexity index is 897.